The SMILES string of the molecule is OC1(CNCc2coc(-c3ccccc3)n2)CCNC1. The van der Waals surface area contributed by atoms with E-state index in [1.54, 1.807) is 6.26 Å². The standard InChI is InChI=1S/C15H19N3O2/c19-15(6-7-16-10-15)11-17-8-13-9-20-14(18-13)12-4-2-1-3-5-12/h1-5,9,16-17,19H,6-8,10-11H2. The molecule has 0 radical (unpaired) electrons. The molecule has 0 bridgehead atoms. The third-order valence-corrected chi connectivity index (χ3v) is 3.55. The maximum Gasteiger partial charge on any atom is 0.226 e. The lowest BCUT2D eigenvalue weighted by Gasteiger charge is -2.21. The molecule has 1 unspecified atom stereocenters. The zero-order valence-electron chi connectivity index (χ0n) is 11.3. The maximum absolute atomic E-state index is 10.2. The summed E-state index contributed by atoms with van der Waals surface area (Å²) in [5.41, 5.74) is 1.18. The predicted molar refractivity (Wildman–Crippen MR) is 76.1 cm³/mol. The monoisotopic (exact) mass is 273 g/mol. The largest absolute Gasteiger partial charge is 0.444 e. The van der Waals surface area contributed by atoms with E-state index in [4.69, 9.17) is 4.42 Å². The van der Waals surface area contributed by atoms with Gasteiger partial charge in [0.15, 0.2) is 0 Å². The Morgan fingerprint density at radius 2 is 2.20 bits per heavy atom. The number of β-amino-alcohol motifs (C(OH)–C–C–N with tert-alkyl or cyclic N) is 1. The number of nitrogens with zero attached hydrogens (tertiary/aromatic N) is 1. The number of hydrogen-bond donors (Lipinski definition) is 3. The molecule has 20 heavy (non-hydrogen) atoms. The van der Waals surface area contributed by atoms with Gasteiger partial charge in [-0.3, -0.25) is 0 Å². The van der Waals surface area contributed by atoms with E-state index in [-0.39, 0.29) is 0 Å². The fourth-order valence-corrected chi connectivity index (χ4v) is 2.41. The molecule has 2 aromatic rings. The molecule has 1 atom stereocenters. The van der Waals surface area contributed by atoms with Gasteiger partial charge in [0.25, 0.3) is 0 Å². The second-order valence-corrected chi connectivity index (χ2v) is 5.26. The number of aromatic nitrogens is 1. The Hall–Kier alpha value is -1.69. The van der Waals surface area contributed by atoms with Crippen LogP contribution >= 0.6 is 0 Å². The van der Waals surface area contributed by atoms with Crippen LogP contribution in [0.2, 0.25) is 0 Å². The van der Waals surface area contributed by atoms with Gasteiger partial charge in [-0.1, -0.05) is 18.2 Å². The van der Waals surface area contributed by atoms with E-state index in [0.717, 1.165) is 24.2 Å². The zero-order valence-corrected chi connectivity index (χ0v) is 11.3. The Bertz CT molecular complexity index is 547. The molecular weight excluding hydrogens is 254 g/mol. The molecule has 5 nitrogen and oxygen atoms in total. The van der Waals surface area contributed by atoms with E-state index >= 15 is 0 Å². The fourth-order valence-electron chi connectivity index (χ4n) is 2.41. The van der Waals surface area contributed by atoms with Crippen LogP contribution in [0.25, 0.3) is 11.5 Å². The number of benzene rings is 1. The summed E-state index contributed by atoms with van der Waals surface area (Å²) in [7, 11) is 0. The first-order valence-corrected chi connectivity index (χ1v) is 6.89. The minimum absolute atomic E-state index is 0.563. The predicted octanol–water partition coefficient (Wildman–Crippen LogP) is 1.16. The molecule has 0 amide bonds. The Labute approximate surface area is 118 Å². The van der Waals surface area contributed by atoms with Crippen molar-refractivity contribution in [1.82, 2.24) is 15.6 Å². The third kappa shape index (κ3) is 3.07. The van der Waals surface area contributed by atoms with Crippen LogP contribution < -0.4 is 10.6 Å². The molecule has 3 rings (SSSR count). The molecule has 0 saturated carbocycles. The van der Waals surface area contributed by atoms with Crippen molar-refractivity contribution in [3.05, 3.63) is 42.3 Å². The highest BCUT2D eigenvalue weighted by atomic mass is 16.3. The smallest absolute Gasteiger partial charge is 0.226 e. The van der Waals surface area contributed by atoms with E-state index in [1.807, 2.05) is 30.3 Å². The normalized spacial score (nSPS) is 22.2. The van der Waals surface area contributed by atoms with Gasteiger partial charge in [0.05, 0.1) is 11.3 Å². The van der Waals surface area contributed by atoms with Crippen molar-refractivity contribution in [2.75, 3.05) is 19.6 Å². The number of nitrogens with one attached hydrogen (secondary N) is 2. The van der Waals surface area contributed by atoms with Gasteiger partial charge in [-0.05, 0) is 25.1 Å². The lowest BCUT2D eigenvalue weighted by atomic mass is 10.0. The first kappa shape index (κ1) is 13.3. The van der Waals surface area contributed by atoms with Crippen molar-refractivity contribution < 1.29 is 9.52 Å². The first-order valence-electron chi connectivity index (χ1n) is 6.89. The van der Waals surface area contributed by atoms with Crippen LogP contribution in [0.15, 0.2) is 41.0 Å². The Balaban J connectivity index is 1.55. The molecule has 0 aliphatic carbocycles. The molecule has 106 valence electrons. The summed E-state index contributed by atoms with van der Waals surface area (Å²) < 4.78 is 5.47. The van der Waals surface area contributed by atoms with E-state index < -0.39 is 5.60 Å². The molecule has 1 aliphatic rings. The Morgan fingerprint density at radius 1 is 1.35 bits per heavy atom. The van der Waals surface area contributed by atoms with Gasteiger partial charge in [-0.2, -0.15) is 0 Å². The van der Waals surface area contributed by atoms with Crippen LogP contribution in [0.4, 0.5) is 0 Å². The molecule has 3 N–H and O–H groups in total. The van der Waals surface area contributed by atoms with Crippen molar-refractivity contribution in [2.45, 2.75) is 18.6 Å². The van der Waals surface area contributed by atoms with Gasteiger partial charge >= 0.3 is 0 Å². The molecule has 1 aliphatic heterocycles. The van der Waals surface area contributed by atoms with Gasteiger partial charge < -0.3 is 20.2 Å². The molecule has 1 aromatic carbocycles. The molecule has 1 fully saturated rings. The van der Waals surface area contributed by atoms with E-state index in [9.17, 15) is 5.11 Å². The summed E-state index contributed by atoms with van der Waals surface area (Å²) in [6.07, 6.45) is 2.44. The van der Waals surface area contributed by atoms with Crippen molar-refractivity contribution in [3.8, 4) is 11.5 Å². The second kappa shape index (κ2) is 5.75. The molecule has 2 heterocycles. The van der Waals surface area contributed by atoms with Crippen LogP contribution in [0.3, 0.4) is 0 Å². The highest BCUT2D eigenvalue weighted by Gasteiger charge is 2.30. The van der Waals surface area contributed by atoms with Crippen molar-refractivity contribution >= 4 is 0 Å². The summed E-state index contributed by atoms with van der Waals surface area (Å²) >= 11 is 0. The number of oxazole rings is 1. The zero-order chi connectivity index (χ0) is 13.8. The summed E-state index contributed by atoms with van der Waals surface area (Å²) in [5.74, 6) is 0.628. The summed E-state index contributed by atoms with van der Waals surface area (Å²) in [6.45, 7) is 2.68. The average molecular weight is 273 g/mol. The highest BCUT2D eigenvalue weighted by Crippen LogP contribution is 2.18. The molecular formula is C15H19N3O2. The highest BCUT2D eigenvalue weighted by molar-refractivity contribution is 5.52. The molecule has 1 saturated heterocycles. The van der Waals surface area contributed by atoms with Crippen LogP contribution in [-0.4, -0.2) is 35.3 Å². The summed E-state index contributed by atoms with van der Waals surface area (Å²) in [4.78, 5) is 4.44. The summed E-state index contributed by atoms with van der Waals surface area (Å²) in [5, 5.41) is 16.6. The Kier molecular flexibility index (Phi) is 3.82. The first-order chi connectivity index (χ1) is 9.75. The van der Waals surface area contributed by atoms with Gasteiger partial charge in [0.2, 0.25) is 5.89 Å². The van der Waals surface area contributed by atoms with Crippen molar-refractivity contribution in [1.29, 1.82) is 0 Å². The Morgan fingerprint density at radius 3 is 2.95 bits per heavy atom. The quantitative estimate of drug-likeness (QED) is 0.762. The minimum Gasteiger partial charge on any atom is -0.444 e. The number of aliphatic hydroxyl groups is 1. The van der Waals surface area contributed by atoms with Gasteiger partial charge in [0.1, 0.15) is 6.26 Å². The molecule has 5 heteroatoms. The van der Waals surface area contributed by atoms with E-state index in [0.29, 0.717) is 25.5 Å². The van der Waals surface area contributed by atoms with Crippen LogP contribution in [0.1, 0.15) is 12.1 Å². The van der Waals surface area contributed by atoms with Crippen LogP contribution in [0.5, 0.6) is 0 Å². The lowest BCUT2D eigenvalue weighted by molar-refractivity contribution is 0.0608. The van der Waals surface area contributed by atoms with Crippen molar-refractivity contribution in [2.24, 2.45) is 0 Å². The van der Waals surface area contributed by atoms with Gasteiger partial charge in [0, 0.05) is 25.2 Å². The summed E-state index contributed by atoms with van der Waals surface area (Å²) in [6, 6.07) is 9.82. The maximum atomic E-state index is 10.2. The number of rotatable bonds is 5. The van der Waals surface area contributed by atoms with E-state index in [1.165, 1.54) is 0 Å². The lowest BCUT2D eigenvalue weighted by Crippen LogP contribution is -2.42. The van der Waals surface area contributed by atoms with Crippen LogP contribution in [0, 0.1) is 0 Å². The van der Waals surface area contributed by atoms with Crippen molar-refractivity contribution in [3.63, 3.8) is 0 Å². The van der Waals surface area contributed by atoms with E-state index in [2.05, 4.69) is 15.6 Å². The third-order valence-electron chi connectivity index (χ3n) is 3.55. The second-order valence-electron chi connectivity index (χ2n) is 5.26. The van der Waals surface area contributed by atoms with Crippen LogP contribution in [-0.2, 0) is 6.54 Å². The fraction of sp³-hybridized carbons (Fsp3) is 0.400. The number of hydrogen-bond acceptors (Lipinski definition) is 5. The average Bonchev–Trinajstić information content (AvgIpc) is 3.10. The van der Waals surface area contributed by atoms with Gasteiger partial charge in [-0.15, -0.1) is 0 Å². The molecule has 1 aromatic heterocycles. The topological polar surface area (TPSA) is 70.3 Å². The molecule has 0 spiro atoms. The van der Waals surface area contributed by atoms with Gasteiger partial charge in [-0.25, -0.2) is 4.98 Å². The minimum atomic E-state index is -0.633.